The molecule has 0 aliphatic carbocycles. The number of phenols is 9. The molecule has 3 rings (SSSR count). The molecule has 9 N–H and O–H groups in total. The van der Waals surface area contributed by atoms with Crippen molar-refractivity contribution in [1.82, 2.24) is 0 Å². The zero-order chi connectivity index (χ0) is 31.4. The van der Waals surface area contributed by atoms with Gasteiger partial charge in [-0.15, -0.1) is 0 Å². The Kier molecular flexibility index (Phi) is 8.95. The molecule has 0 fully saturated rings. The summed E-state index contributed by atoms with van der Waals surface area (Å²) in [6.45, 7) is -0.222. The summed E-state index contributed by atoms with van der Waals surface area (Å²) in [4.78, 5) is 38.0. The maximum Gasteiger partial charge on any atom is 0.338 e. The molecule has 0 aliphatic heterocycles. The van der Waals surface area contributed by atoms with Gasteiger partial charge in [-0.1, -0.05) is 6.92 Å². The number of ether oxygens (including phenoxy) is 3. The number of benzene rings is 3. The molecule has 15 heteroatoms. The van der Waals surface area contributed by atoms with Crippen molar-refractivity contribution in [1.29, 1.82) is 0 Å². The van der Waals surface area contributed by atoms with Gasteiger partial charge in [-0.3, -0.25) is 0 Å². The third kappa shape index (κ3) is 6.70. The van der Waals surface area contributed by atoms with Crippen LogP contribution >= 0.6 is 0 Å². The number of carbonyl (C=O) groups excluding carboxylic acids is 3. The molecule has 42 heavy (non-hydrogen) atoms. The maximum absolute atomic E-state index is 12.7. The van der Waals surface area contributed by atoms with Crippen molar-refractivity contribution in [2.75, 3.05) is 19.8 Å². The topological polar surface area (TPSA) is 261 Å². The molecule has 15 nitrogen and oxygen atoms in total. The number of carbonyl (C=O) groups is 3. The van der Waals surface area contributed by atoms with Gasteiger partial charge in [-0.05, 0) is 42.8 Å². The van der Waals surface area contributed by atoms with Crippen LogP contribution in [0.1, 0.15) is 44.4 Å². The highest BCUT2D eigenvalue weighted by molar-refractivity contribution is 5.92. The first-order valence-electron chi connectivity index (χ1n) is 11.9. The largest absolute Gasteiger partial charge is 0.504 e. The maximum atomic E-state index is 12.7. The van der Waals surface area contributed by atoms with Crippen molar-refractivity contribution >= 4 is 17.9 Å². The summed E-state index contributed by atoms with van der Waals surface area (Å²) < 4.78 is 15.8. The predicted molar refractivity (Wildman–Crippen MR) is 138 cm³/mol. The first kappa shape index (κ1) is 30.8. The number of phenolic OH excluding ortho intramolecular Hbond substituents is 9. The monoisotopic (exact) mass is 590 g/mol. The molecule has 224 valence electrons. The van der Waals surface area contributed by atoms with E-state index in [9.17, 15) is 60.3 Å². The Morgan fingerprint density at radius 3 is 0.905 bits per heavy atom. The Balaban J connectivity index is 1.84. The highest BCUT2D eigenvalue weighted by Gasteiger charge is 2.35. The van der Waals surface area contributed by atoms with Crippen LogP contribution in [0.4, 0.5) is 0 Å². The lowest BCUT2D eigenvalue weighted by Crippen LogP contribution is -2.39. The Labute approximate surface area is 236 Å². The van der Waals surface area contributed by atoms with Crippen LogP contribution in [0.2, 0.25) is 0 Å². The lowest BCUT2D eigenvalue weighted by Gasteiger charge is -2.31. The number of aromatic hydroxyl groups is 9. The Morgan fingerprint density at radius 1 is 0.500 bits per heavy atom. The first-order valence-corrected chi connectivity index (χ1v) is 11.9. The van der Waals surface area contributed by atoms with Gasteiger partial charge < -0.3 is 60.2 Å². The average molecular weight is 590 g/mol. The fourth-order valence-electron chi connectivity index (χ4n) is 3.50. The van der Waals surface area contributed by atoms with Gasteiger partial charge in [0.15, 0.2) is 51.7 Å². The molecular formula is C27H26O15. The van der Waals surface area contributed by atoms with E-state index in [1.54, 1.807) is 6.92 Å². The van der Waals surface area contributed by atoms with E-state index in [4.69, 9.17) is 14.2 Å². The third-order valence-corrected chi connectivity index (χ3v) is 6.19. The zero-order valence-corrected chi connectivity index (χ0v) is 21.8. The van der Waals surface area contributed by atoms with E-state index in [0.29, 0.717) is 0 Å². The van der Waals surface area contributed by atoms with Crippen LogP contribution in [-0.4, -0.2) is 83.7 Å². The summed E-state index contributed by atoms with van der Waals surface area (Å²) in [6, 6.07) is 4.91. The normalized spacial score (nSPS) is 11.1. The fraction of sp³-hybridized carbons (Fsp3) is 0.222. The number of esters is 3. The average Bonchev–Trinajstić information content (AvgIpc) is 2.95. The van der Waals surface area contributed by atoms with E-state index in [1.807, 2.05) is 0 Å². The fourth-order valence-corrected chi connectivity index (χ4v) is 3.50. The third-order valence-electron chi connectivity index (χ3n) is 6.19. The molecule has 0 bridgehead atoms. The second kappa shape index (κ2) is 12.2. The first-order chi connectivity index (χ1) is 19.7. The van der Waals surface area contributed by atoms with E-state index >= 15 is 0 Å². The molecule has 0 saturated heterocycles. The molecule has 0 atom stereocenters. The minimum absolute atomic E-state index is 0.0189. The van der Waals surface area contributed by atoms with E-state index < -0.39 is 94.9 Å². The van der Waals surface area contributed by atoms with Crippen LogP contribution in [0.25, 0.3) is 0 Å². The van der Waals surface area contributed by atoms with Crippen molar-refractivity contribution in [2.24, 2.45) is 5.41 Å². The van der Waals surface area contributed by atoms with Crippen molar-refractivity contribution < 1.29 is 74.6 Å². The lowest BCUT2D eigenvalue weighted by molar-refractivity contribution is -0.0382. The number of rotatable bonds is 10. The number of hydrogen-bond donors (Lipinski definition) is 9. The van der Waals surface area contributed by atoms with Gasteiger partial charge in [-0.2, -0.15) is 0 Å². The van der Waals surface area contributed by atoms with Gasteiger partial charge in [0.05, 0.1) is 22.1 Å². The minimum atomic E-state index is -1.47. The van der Waals surface area contributed by atoms with Gasteiger partial charge in [0.1, 0.15) is 19.8 Å². The molecule has 0 amide bonds. The summed E-state index contributed by atoms with van der Waals surface area (Å²) in [5.41, 5.74) is -2.57. The Morgan fingerprint density at radius 2 is 0.714 bits per heavy atom. The van der Waals surface area contributed by atoms with Crippen LogP contribution in [0.5, 0.6) is 51.7 Å². The van der Waals surface area contributed by atoms with Crippen LogP contribution in [-0.2, 0) is 14.2 Å². The second-order valence-electron chi connectivity index (χ2n) is 9.17. The summed E-state index contributed by atoms with van der Waals surface area (Å²) in [5, 5.41) is 86.6. The van der Waals surface area contributed by atoms with Crippen molar-refractivity contribution in [3.05, 3.63) is 53.1 Å². The van der Waals surface area contributed by atoms with Crippen LogP contribution in [0.15, 0.2) is 36.4 Å². The van der Waals surface area contributed by atoms with Crippen molar-refractivity contribution in [2.45, 2.75) is 13.3 Å². The minimum Gasteiger partial charge on any atom is -0.504 e. The molecule has 0 spiro atoms. The molecular weight excluding hydrogens is 564 g/mol. The summed E-state index contributed by atoms with van der Waals surface area (Å²) in [6.07, 6.45) is 0.0189. The summed E-state index contributed by atoms with van der Waals surface area (Å²) >= 11 is 0. The smallest absolute Gasteiger partial charge is 0.338 e. The second-order valence-corrected chi connectivity index (χ2v) is 9.17. The molecule has 0 aliphatic rings. The highest BCUT2D eigenvalue weighted by atomic mass is 16.6. The molecule has 3 aromatic rings. The lowest BCUT2D eigenvalue weighted by atomic mass is 9.88. The molecule has 3 aromatic carbocycles. The molecule has 0 radical (unpaired) electrons. The summed E-state index contributed by atoms with van der Waals surface area (Å²) in [5.74, 6) is -10.8. The van der Waals surface area contributed by atoms with E-state index in [2.05, 4.69) is 0 Å². The van der Waals surface area contributed by atoms with E-state index in [-0.39, 0.29) is 23.1 Å². The van der Waals surface area contributed by atoms with Crippen LogP contribution in [0, 0.1) is 5.41 Å². The standard InChI is InChI=1S/C27H26O15/c1-2-27(9-40-24(37)12-3-15(28)21(34)16(29)4-12,10-41-25(38)13-5-17(30)22(35)18(31)6-13)11-42-26(39)14-7-19(32)23(36)20(33)8-14/h3-8,28-36H,2,9-11H2,1H3. The van der Waals surface area contributed by atoms with Gasteiger partial charge in [0.2, 0.25) is 0 Å². The van der Waals surface area contributed by atoms with E-state index in [1.165, 1.54) is 0 Å². The van der Waals surface area contributed by atoms with Crippen molar-refractivity contribution in [3.63, 3.8) is 0 Å². The predicted octanol–water partition coefficient (Wildman–Crippen LogP) is 2.30. The molecule has 0 aromatic heterocycles. The van der Waals surface area contributed by atoms with Crippen molar-refractivity contribution in [3.8, 4) is 51.7 Å². The van der Waals surface area contributed by atoms with Gasteiger partial charge in [0.25, 0.3) is 0 Å². The van der Waals surface area contributed by atoms with Crippen LogP contribution in [0.3, 0.4) is 0 Å². The van der Waals surface area contributed by atoms with Crippen LogP contribution < -0.4 is 0 Å². The van der Waals surface area contributed by atoms with E-state index in [0.717, 1.165) is 36.4 Å². The molecule has 0 saturated carbocycles. The Hall–Kier alpha value is -5.73. The van der Waals surface area contributed by atoms with Gasteiger partial charge >= 0.3 is 17.9 Å². The van der Waals surface area contributed by atoms with Gasteiger partial charge in [0, 0.05) is 0 Å². The summed E-state index contributed by atoms with van der Waals surface area (Å²) in [7, 11) is 0. The number of hydrogen-bond acceptors (Lipinski definition) is 15. The Bertz CT molecular complexity index is 1280. The zero-order valence-electron chi connectivity index (χ0n) is 21.8. The van der Waals surface area contributed by atoms with Gasteiger partial charge in [-0.25, -0.2) is 14.4 Å². The SMILES string of the molecule is CCC(COC(=O)c1cc(O)c(O)c(O)c1)(COC(=O)c1cc(O)c(O)c(O)c1)COC(=O)c1cc(O)c(O)c(O)c1. The quantitative estimate of drug-likeness (QED) is 0.0932. The molecule has 0 unspecified atom stereocenters. The molecule has 0 heterocycles. The highest BCUT2D eigenvalue weighted by Crippen LogP contribution is 2.38.